The van der Waals surface area contributed by atoms with Crippen molar-refractivity contribution in [2.24, 2.45) is 5.10 Å². The van der Waals surface area contributed by atoms with Gasteiger partial charge in [-0.15, -0.1) is 0 Å². The first-order chi connectivity index (χ1) is 15.8. The van der Waals surface area contributed by atoms with Gasteiger partial charge in [0.2, 0.25) is 0 Å². The molecule has 1 N–H and O–H groups in total. The average Bonchev–Trinajstić information content (AvgIpc) is 3.31. The Bertz CT molecular complexity index is 1260. The van der Waals surface area contributed by atoms with Gasteiger partial charge >= 0.3 is 0 Å². The van der Waals surface area contributed by atoms with Crippen molar-refractivity contribution < 1.29 is 0 Å². The number of rotatable bonds is 5. The zero-order chi connectivity index (χ0) is 21.8. The molecule has 1 aliphatic heterocycles. The summed E-state index contributed by atoms with van der Waals surface area (Å²) in [6, 6.07) is 28.4. The Morgan fingerprint density at radius 2 is 1.59 bits per heavy atom. The summed E-state index contributed by atoms with van der Waals surface area (Å²) in [4.78, 5) is 9.50. The van der Waals surface area contributed by atoms with E-state index in [-0.39, 0.29) is 6.04 Å². The number of benzene rings is 3. The molecule has 0 saturated heterocycles. The van der Waals surface area contributed by atoms with Gasteiger partial charge in [-0.05, 0) is 41.9 Å². The Balaban J connectivity index is 1.39. The summed E-state index contributed by atoms with van der Waals surface area (Å²) >= 11 is 5.76. The van der Waals surface area contributed by atoms with E-state index in [1.54, 1.807) is 0 Å². The van der Waals surface area contributed by atoms with Crippen LogP contribution in [0.2, 0.25) is 0 Å². The number of hydrogen-bond acceptors (Lipinski definition) is 4. The minimum absolute atomic E-state index is 0.0981. The molecule has 5 nitrogen and oxygen atoms in total. The Labute approximate surface area is 192 Å². The van der Waals surface area contributed by atoms with Gasteiger partial charge < -0.3 is 5.32 Å². The van der Waals surface area contributed by atoms with E-state index in [0.717, 1.165) is 47.4 Å². The Kier molecular flexibility index (Phi) is 5.85. The molecule has 0 unspecified atom stereocenters. The lowest BCUT2D eigenvalue weighted by Crippen LogP contribution is -2.38. The van der Waals surface area contributed by atoms with Crippen LogP contribution in [0.15, 0.2) is 96.2 Å². The van der Waals surface area contributed by atoms with E-state index in [1.165, 1.54) is 5.56 Å². The normalized spacial score (nSPS) is 15.6. The predicted molar refractivity (Wildman–Crippen MR) is 132 cm³/mol. The van der Waals surface area contributed by atoms with E-state index in [2.05, 4.69) is 46.7 Å². The molecule has 0 spiro atoms. The smallest absolute Gasteiger partial charge is 0.190 e. The fourth-order valence-electron chi connectivity index (χ4n) is 3.90. The van der Waals surface area contributed by atoms with Gasteiger partial charge in [0.15, 0.2) is 5.11 Å². The van der Waals surface area contributed by atoms with Crippen molar-refractivity contribution in [2.45, 2.75) is 18.9 Å². The zero-order valence-corrected chi connectivity index (χ0v) is 18.4. The van der Waals surface area contributed by atoms with Crippen LogP contribution in [0.1, 0.15) is 29.3 Å². The molecule has 0 amide bonds. The lowest BCUT2D eigenvalue weighted by Gasteiger charge is -2.24. The lowest BCUT2D eigenvalue weighted by atomic mass is 10.0. The van der Waals surface area contributed by atoms with Crippen molar-refractivity contribution >= 4 is 34.1 Å². The Hall–Kier alpha value is -3.64. The molecular weight excluding hydrogens is 414 g/mol. The molecule has 5 rings (SSSR count). The maximum Gasteiger partial charge on any atom is 0.190 e. The summed E-state index contributed by atoms with van der Waals surface area (Å²) in [6.45, 7) is 0.742. The lowest BCUT2D eigenvalue weighted by molar-refractivity contribution is 0.357. The second-order valence-corrected chi connectivity index (χ2v) is 8.12. The van der Waals surface area contributed by atoms with Crippen molar-refractivity contribution in [3.63, 3.8) is 0 Å². The highest BCUT2D eigenvalue weighted by Gasteiger charge is 2.32. The summed E-state index contributed by atoms with van der Waals surface area (Å²) in [5, 5.41) is 10.8. The molecule has 0 saturated carbocycles. The van der Waals surface area contributed by atoms with Crippen LogP contribution in [0.25, 0.3) is 11.0 Å². The molecule has 4 aromatic rings. The van der Waals surface area contributed by atoms with Crippen molar-refractivity contribution in [3.8, 4) is 0 Å². The van der Waals surface area contributed by atoms with E-state index in [9.17, 15) is 0 Å². The van der Waals surface area contributed by atoms with Crippen LogP contribution in [-0.4, -0.2) is 32.3 Å². The third-order valence-corrected chi connectivity index (χ3v) is 5.90. The van der Waals surface area contributed by atoms with Gasteiger partial charge in [-0.2, -0.15) is 5.10 Å². The molecule has 158 valence electrons. The van der Waals surface area contributed by atoms with Gasteiger partial charge in [0.1, 0.15) is 6.04 Å². The maximum absolute atomic E-state index is 5.76. The molecule has 6 heteroatoms. The van der Waals surface area contributed by atoms with Crippen molar-refractivity contribution in [1.82, 2.24) is 20.3 Å². The van der Waals surface area contributed by atoms with Crippen molar-refractivity contribution in [2.75, 3.05) is 6.54 Å². The summed E-state index contributed by atoms with van der Waals surface area (Å²) in [5.41, 5.74) is 5.99. The predicted octanol–water partition coefficient (Wildman–Crippen LogP) is 4.90. The summed E-state index contributed by atoms with van der Waals surface area (Å²) in [5.74, 6) is 0. The fraction of sp³-hybridized carbons (Fsp3) is 0.154. The summed E-state index contributed by atoms with van der Waals surface area (Å²) < 4.78 is 0. The molecule has 1 atom stereocenters. The molecule has 0 radical (unpaired) electrons. The average molecular weight is 438 g/mol. The van der Waals surface area contributed by atoms with Gasteiger partial charge in [0.05, 0.1) is 28.6 Å². The number of para-hydroxylation sites is 2. The van der Waals surface area contributed by atoms with Crippen LogP contribution >= 0.6 is 12.2 Å². The number of hydrazone groups is 1. The molecule has 0 bridgehead atoms. The SMILES string of the molecule is S=C(NCCc1ccccc1)N1N=C(c2ccccc2)C[C@H]1c1cnc2ccccc2n1. The molecule has 2 heterocycles. The van der Waals surface area contributed by atoms with Crippen LogP contribution in [0.5, 0.6) is 0 Å². The standard InChI is InChI=1S/C26H23N5S/c32-26(27-16-15-19-9-3-1-4-10-19)31-25(17-23(30-31)20-11-5-2-6-12-20)24-18-28-21-13-7-8-14-22(21)29-24/h1-14,18,25H,15-17H2,(H,27,32)/t25-/m0/s1. The van der Waals surface area contributed by atoms with Crippen LogP contribution in [0.4, 0.5) is 0 Å². The third kappa shape index (κ3) is 4.36. The minimum atomic E-state index is -0.0981. The van der Waals surface area contributed by atoms with E-state index in [4.69, 9.17) is 22.3 Å². The van der Waals surface area contributed by atoms with Gasteiger partial charge in [-0.3, -0.25) is 4.98 Å². The molecule has 1 aromatic heterocycles. The molecule has 1 aliphatic rings. The molecule has 0 fully saturated rings. The largest absolute Gasteiger partial charge is 0.361 e. The number of nitrogens with zero attached hydrogens (tertiary/aromatic N) is 4. The zero-order valence-electron chi connectivity index (χ0n) is 17.6. The Morgan fingerprint density at radius 1 is 0.906 bits per heavy atom. The first kappa shape index (κ1) is 20.3. The molecule has 3 aromatic carbocycles. The van der Waals surface area contributed by atoms with Crippen molar-refractivity contribution in [1.29, 1.82) is 0 Å². The first-order valence-corrected chi connectivity index (χ1v) is 11.1. The number of hydrogen-bond donors (Lipinski definition) is 1. The van der Waals surface area contributed by atoms with Gasteiger partial charge in [0.25, 0.3) is 0 Å². The number of thiocarbonyl (C=S) groups is 1. The van der Waals surface area contributed by atoms with E-state index in [0.29, 0.717) is 5.11 Å². The van der Waals surface area contributed by atoms with E-state index in [1.807, 2.05) is 59.7 Å². The van der Waals surface area contributed by atoms with Crippen LogP contribution in [0.3, 0.4) is 0 Å². The minimum Gasteiger partial charge on any atom is -0.361 e. The van der Waals surface area contributed by atoms with E-state index < -0.39 is 0 Å². The number of aromatic nitrogens is 2. The third-order valence-electron chi connectivity index (χ3n) is 5.57. The highest BCUT2D eigenvalue weighted by Crippen LogP contribution is 2.32. The number of nitrogens with one attached hydrogen (secondary N) is 1. The Morgan fingerprint density at radius 3 is 2.38 bits per heavy atom. The number of fused-ring (bicyclic) bond motifs is 1. The topological polar surface area (TPSA) is 53.4 Å². The fourth-order valence-corrected chi connectivity index (χ4v) is 4.17. The van der Waals surface area contributed by atoms with Crippen LogP contribution in [0, 0.1) is 0 Å². The molecular formula is C26H23N5S. The summed E-state index contributed by atoms with van der Waals surface area (Å²) in [6.07, 6.45) is 3.46. The quantitative estimate of drug-likeness (QED) is 0.450. The molecule has 0 aliphatic carbocycles. The van der Waals surface area contributed by atoms with Gasteiger partial charge in [-0.25, -0.2) is 9.99 Å². The van der Waals surface area contributed by atoms with Crippen LogP contribution < -0.4 is 5.32 Å². The maximum atomic E-state index is 5.76. The van der Waals surface area contributed by atoms with Crippen LogP contribution in [-0.2, 0) is 6.42 Å². The second kappa shape index (κ2) is 9.24. The highest BCUT2D eigenvalue weighted by atomic mass is 32.1. The summed E-state index contributed by atoms with van der Waals surface area (Å²) in [7, 11) is 0. The second-order valence-electron chi connectivity index (χ2n) is 7.73. The first-order valence-electron chi connectivity index (χ1n) is 10.7. The van der Waals surface area contributed by atoms with Crippen molar-refractivity contribution in [3.05, 3.63) is 108 Å². The van der Waals surface area contributed by atoms with E-state index >= 15 is 0 Å². The monoisotopic (exact) mass is 437 g/mol. The van der Waals surface area contributed by atoms with Gasteiger partial charge in [-0.1, -0.05) is 72.8 Å². The van der Waals surface area contributed by atoms with Gasteiger partial charge in [0, 0.05) is 13.0 Å². The highest BCUT2D eigenvalue weighted by molar-refractivity contribution is 7.80. The molecule has 32 heavy (non-hydrogen) atoms.